The van der Waals surface area contributed by atoms with Crippen LogP contribution in [-0.4, -0.2) is 21.8 Å². The van der Waals surface area contributed by atoms with Crippen molar-refractivity contribution in [2.45, 2.75) is 13.8 Å². The minimum atomic E-state index is -0.478. The van der Waals surface area contributed by atoms with Crippen LogP contribution in [0.4, 0.5) is 0 Å². The molecule has 0 saturated heterocycles. The van der Waals surface area contributed by atoms with Crippen molar-refractivity contribution in [3.05, 3.63) is 75.7 Å². The van der Waals surface area contributed by atoms with E-state index in [4.69, 9.17) is 0 Å². The molecule has 6 heteroatoms. The number of nitrogens with zero attached hydrogens (tertiary/aromatic N) is 2. The van der Waals surface area contributed by atoms with Crippen LogP contribution in [0.1, 0.15) is 28.5 Å². The van der Waals surface area contributed by atoms with E-state index in [2.05, 4.69) is 20.7 Å². The number of hydrogen-bond donors (Lipinski definition) is 2. The second-order valence-electron chi connectivity index (χ2n) is 5.45. The number of amides is 1. The Kier molecular flexibility index (Phi) is 4.20. The fraction of sp³-hybridized carbons (Fsp3) is 0.111. The van der Waals surface area contributed by atoms with E-state index in [9.17, 15) is 9.59 Å². The molecule has 0 unspecified atom stereocenters. The lowest BCUT2D eigenvalue weighted by molar-refractivity contribution is 0.0950. The first kappa shape index (κ1) is 15.6. The highest BCUT2D eigenvalue weighted by atomic mass is 16.2. The van der Waals surface area contributed by atoms with E-state index in [1.54, 1.807) is 24.3 Å². The molecule has 0 fully saturated rings. The molecule has 1 amide bonds. The van der Waals surface area contributed by atoms with Gasteiger partial charge in [-0.2, -0.15) is 10.2 Å². The van der Waals surface area contributed by atoms with Crippen molar-refractivity contribution in [3.63, 3.8) is 0 Å². The van der Waals surface area contributed by atoms with Crippen LogP contribution in [0.25, 0.3) is 10.8 Å². The van der Waals surface area contributed by atoms with Gasteiger partial charge in [0.25, 0.3) is 11.5 Å². The lowest BCUT2D eigenvalue weighted by Gasteiger charge is -2.05. The van der Waals surface area contributed by atoms with Gasteiger partial charge in [-0.05, 0) is 25.5 Å². The van der Waals surface area contributed by atoms with E-state index in [1.165, 1.54) is 0 Å². The molecule has 120 valence electrons. The number of fused-ring (bicyclic) bond motifs is 1. The quantitative estimate of drug-likeness (QED) is 0.574. The van der Waals surface area contributed by atoms with E-state index >= 15 is 0 Å². The van der Waals surface area contributed by atoms with E-state index < -0.39 is 5.91 Å². The standard InChI is InChI=1S/C18H16N4O2/c1-11-7-9-13(10-8-11)12(2)19-22-18(24)16-14-5-3-4-6-15(14)17(23)21-20-16/h3-10H,1-2H3,(H,21,23)(H,22,24)/b19-12+. The molecule has 0 bridgehead atoms. The summed E-state index contributed by atoms with van der Waals surface area (Å²) in [7, 11) is 0. The normalized spacial score (nSPS) is 11.5. The van der Waals surface area contributed by atoms with E-state index in [0.29, 0.717) is 16.5 Å². The molecule has 24 heavy (non-hydrogen) atoms. The number of nitrogens with one attached hydrogen (secondary N) is 2. The van der Waals surface area contributed by atoms with Gasteiger partial charge in [0, 0.05) is 5.39 Å². The summed E-state index contributed by atoms with van der Waals surface area (Å²) in [6.07, 6.45) is 0. The second kappa shape index (κ2) is 6.45. The number of aryl methyl sites for hydroxylation is 1. The van der Waals surface area contributed by atoms with Gasteiger partial charge < -0.3 is 0 Å². The number of aromatic nitrogens is 2. The first-order valence-electron chi connectivity index (χ1n) is 7.45. The molecule has 3 aromatic rings. The smallest absolute Gasteiger partial charge is 0.267 e. The molecule has 1 heterocycles. The van der Waals surface area contributed by atoms with Crippen LogP contribution in [0.2, 0.25) is 0 Å². The Balaban J connectivity index is 1.88. The Morgan fingerprint density at radius 3 is 2.46 bits per heavy atom. The Morgan fingerprint density at radius 1 is 1.08 bits per heavy atom. The average Bonchev–Trinajstić information content (AvgIpc) is 2.60. The zero-order valence-corrected chi connectivity index (χ0v) is 13.3. The van der Waals surface area contributed by atoms with Crippen LogP contribution in [0.15, 0.2) is 58.4 Å². The molecular weight excluding hydrogens is 304 g/mol. The van der Waals surface area contributed by atoms with Crippen molar-refractivity contribution in [2.75, 3.05) is 0 Å². The van der Waals surface area contributed by atoms with Crippen LogP contribution in [0.3, 0.4) is 0 Å². The topological polar surface area (TPSA) is 87.2 Å². The SMILES string of the molecule is C/C(=N\NC(=O)c1n[nH]c(=O)c2ccccc12)c1ccc(C)cc1. The van der Waals surface area contributed by atoms with Gasteiger partial charge >= 0.3 is 0 Å². The third-order valence-electron chi connectivity index (χ3n) is 3.71. The molecule has 0 aliphatic rings. The number of carbonyl (C=O) groups is 1. The fourth-order valence-electron chi connectivity index (χ4n) is 2.33. The van der Waals surface area contributed by atoms with Crippen molar-refractivity contribution in [1.82, 2.24) is 15.6 Å². The molecule has 3 rings (SSSR count). The minimum Gasteiger partial charge on any atom is -0.267 e. The third kappa shape index (κ3) is 3.08. The summed E-state index contributed by atoms with van der Waals surface area (Å²) in [6.45, 7) is 3.81. The zero-order valence-electron chi connectivity index (χ0n) is 13.3. The van der Waals surface area contributed by atoms with Crippen molar-refractivity contribution in [3.8, 4) is 0 Å². The third-order valence-corrected chi connectivity index (χ3v) is 3.71. The highest BCUT2D eigenvalue weighted by molar-refractivity contribution is 6.06. The number of hydrazone groups is 1. The summed E-state index contributed by atoms with van der Waals surface area (Å²) < 4.78 is 0. The first-order chi connectivity index (χ1) is 11.6. The molecule has 2 N–H and O–H groups in total. The summed E-state index contributed by atoms with van der Waals surface area (Å²) in [5.41, 5.74) is 5.03. The average molecular weight is 320 g/mol. The Hall–Kier alpha value is -3.28. The van der Waals surface area contributed by atoms with Crippen molar-refractivity contribution >= 4 is 22.4 Å². The number of aromatic amines is 1. The molecule has 0 spiro atoms. The summed E-state index contributed by atoms with van der Waals surface area (Å²) in [6, 6.07) is 14.7. The Labute approximate surface area is 138 Å². The van der Waals surface area contributed by atoms with Crippen LogP contribution in [0, 0.1) is 6.92 Å². The van der Waals surface area contributed by atoms with Crippen LogP contribution >= 0.6 is 0 Å². The van der Waals surface area contributed by atoms with Crippen LogP contribution < -0.4 is 11.0 Å². The molecule has 0 atom stereocenters. The van der Waals surface area contributed by atoms with E-state index in [0.717, 1.165) is 11.1 Å². The number of H-pyrrole nitrogens is 1. The summed E-state index contributed by atoms with van der Waals surface area (Å²) >= 11 is 0. The molecular formula is C18H16N4O2. The van der Waals surface area contributed by atoms with Gasteiger partial charge in [0.2, 0.25) is 0 Å². The van der Waals surface area contributed by atoms with E-state index in [-0.39, 0.29) is 11.3 Å². The maximum absolute atomic E-state index is 12.4. The van der Waals surface area contributed by atoms with Gasteiger partial charge in [0.1, 0.15) is 0 Å². The van der Waals surface area contributed by atoms with Gasteiger partial charge in [-0.1, -0.05) is 48.0 Å². The predicted octanol–water partition coefficient (Wildman–Crippen LogP) is 2.39. The molecule has 6 nitrogen and oxygen atoms in total. The van der Waals surface area contributed by atoms with Gasteiger partial charge in [-0.15, -0.1) is 0 Å². The Morgan fingerprint density at radius 2 is 1.75 bits per heavy atom. The summed E-state index contributed by atoms with van der Waals surface area (Å²) in [4.78, 5) is 24.1. The number of benzene rings is 2. The van der Waals surface area contributed by atoms with Gasteiger partial charge in [-0.3, -0.25) is 9.59 Å². The second-order valence-corrected chi connectivity index (χ2v) is 5.45. The maximum Gasteiger partial charge on any atom is 0.292 e. The molecule has 0 radical (unpaired) electrons. The molecule has 0 saturated carbocycles. The summed E-state index contributed by atoms with van der Waals surface area (Å²) in [5, 5.41) is 11.2. The van der Waals surface area contributed by atoms with Gasteiger partial charge in [0.05, 0.1) is 11.1 Å². The monoisotopic (exact) mass is 320 g/mol. The van der Waals surface area contributed by atoms with Gasteiger partial charge in [-0.25, -0.2) is 10.5 Å². The first-order valence-corrected chi connectivity index (χ1v) is 7.45. The van der Waals surface area contributed by atoms with E-state index in [1.807, 2.05) is 38.1 Å². The zero-order chi connectivity index (χ0) is 17.1. The molecule has 1 aromatic heterocycles. The minimum absolute atomic E-state index is 0.130. The van der Waals surface area contributed by atoms with Crippen LogP contribution in [0.5, 0.6) is 0 Å². The molecule has 0 aliphatic heterocycles. The highest BCUT2D eigenvalue weighted by Crippen LogP contribution is 2.12. The number of hydrogen-bond acceptors (Lipinski definition) is 4. The van der Waals surface area contributed by atoms with Crippen LogP contribution in [-0.2, 0) is 0 Å². The summed E-state index contributed by atoms with van der Waals surface area (Å²) in [5.74, 6) is -0.478. The highest BCUT2D eigenvalue weighted by Gasteiger charge is 2.13. The fourth-order valence-corrected chi connectivity index (χ4v) is 2.33. The Bertz CT molecular complexity index is 988. The lowest BCUT2D eigenvalue weighted by atomic mass is 10.1. The lowest BCUT2D eigenvalue weighted by Crippen LogP contribution is -2.23. The van der Waals surface area contributed by atoms with Crippen molar-refractivity contribution < 1.29 is 4.79 Å². The van der Waals surface area contributed by atoms with Crippen molar-refractivity contribution in [1.29, 1.82) is 0 Å². The number of rotatable bonds is 3. The predicted molar refractivity (Wildman–Crippen MR) is 93.2 cm³/mol. The van der Waals surface area contributed by atoms with Gasteiger partial charge in [0.15, 0.2) is 5.69 Å². The molecule has 2 aromatic carbocycles. The number of carbonyl (C=O) groups excluding carboxylic acids is 1. The maximum atomic E-state index is 12.4. The largest absolute Gasteiger partial charge is 0.292 e. The molecule has 0 aliphatic carbocycles. The van der Waals surface area contributed by atoms with Crippen molar-refractivity contribution in [2.24, 2.45) is 5.10 Å².